The molecule has 4 nitrogen and oxygen atoms in total. The second-order valence-corrected chi connectivity index (χ2v) is 5.84. The van der Waals surface area contributed by atoms with Gasteiger partial charge in [0.1, 0.15) is 0 Å². The summed E-state index contributed by atoms with van der Waals surface area (Å²) in [6.07, 6.45) is 3.69. The van der Waals surface area contributed by atoms with Gasteiger partial charge in [-0.05, 0) is 13.0 Å². The zero-order chi connectivity index (χ0) is 10.6. The van der Waals surface area contributed by atoms with E-state index >= 15 is 0 Å². The van der Waals surface area contributed by atoms with E-state index in [-0.39, 0.29) is 0 Å². The molecule has 1 saturated heterocycles. The van der Waals surface area contributed by atoms with Crippen molar-refractivity contribution in [1.29, 1.82) is 0 Å². The number of nitrogens with zero attached hydrogens (tertiary/aromatic N) is 2. The normalized spacial score (nSPS) is 21.3. The Morgan fingerprint density at radius 1 is 1.14 bits per heavy atom. The van der Waals surface area contributed by atoms with Crippen LogP contribution < -0.4 is 0 Å². The molecular weight excluding hydrogens is 200 g/mol. The van der Waals surface area contributed by atoms with E-state index in [1.165, 1.54) is 19.1 Å². The van der Waals surface area contributed by atoms with Crippen LogP contribution in [-0.2, 0) is 10.0 Å². The molecule has 0 amide bonds. The molecule has 0 spiro atoms. The fourth-order valence-electron chi connectivity index (χ4n) is 1.67. The van der Waals surface area contributed by atoms with Crippen LogP contribution in [0, 0.1) is 0 Å². The Bertz CT molecular complexity index is 256. The zero-order valence-electron chi connectivity index (χ0n) is 9.07. The second-order valence-electron chi connectivity index (χ2n) is 3.86. The fraction of sp³-hybridized carbons (Fsp3) is 1.00. The van der Waals surface area contributed by atoms with Gasteiger partial charge < -0.3 is 4.90 Å². The molecule has 0 bridgehead atoms. The molecule has 0 N–H and O–H groups in total. The fourth-order valence-corrected chi connectivity index (χ4v) is 2.49. The van der Waals surface area contributed by atoms with E-state index in [1.807, 2.05) is 0 Å². The third-order valence-corrected chi connectivity index (χ3v) is 3.93. The van der Waals surface area contributed by atoms with Crippen LogP contribution in [0.1, 0.15) is 19.8 Å². The van der Waals surface area contributed by atoms with Gasteiger partial charge >= 0.3 is 0 Å². The highest BCUT2D eigenvalue weighted by molar-refractivity contribution is 7.88. The van der Waals surface area contributed by atoms with Crippen molar-refractivity contribution in [3.63, 3.8) is 0 Å². The minimum absolute atomic E-state index is 0.655. The van der Waals surface area contributed by atoms with Gasteiger partial charge in [0.05, 0.1) is 6.26 Å². The lowest BCUT2D eigenvalue weighted by atomic mass is 10.3. The van der Waals surface area contributed by atoms with Gasteiger partial charge in [-0.25, -0.2) is 8.42 Å². The van der Waals surface area contributed by atoms with Crippen molar-refractivity contribution in [3.05, 3.63) is 0 Å². The number of sulfonamides is 1. The quantitative estimate of drug-likeness (QED) is 0.687. The van der Waals surface area contributed by atoms with Gasteiger partial charge in [0, 0.05) is 26.2 Å². The van der Waals surface area contributed by atoms with Crippen molar-refractivity contribution in [2.24, 2.45) is 0 Å². The summed E-state index contributed by atoms with van der Waals surface area (Å²) in [6, 6.07) is 0. The predicted octanol–water partition coefficient (Wildman–Crippen LogP) is 0.364. The van der Waals surface area contributed by atoms with Crippen molar-refractivity contribution < 1.29 is 8.42 Å². The Labute approximate surface area is 86.9 Å². The first-order chi connectivity index (χ1) is 6.54. The molecule has 0 aromatic heterocycles. The summed E-state index contributed by atoms with van der Waals surface area (Å²) >= 11 is 0. The minimum atomic E-state index is -2.96. The summed E-state index contributed by atoms with van der Waals surface area (Å²) in [6.45, 7) is 6.35. The summed E-state index contributed by atoms with van der Waals surface area (Å²) in [5, 5.41) is 0. The van der Waals surface area contributed by atoms with Gasteiger partial charge in [-0.2, -0.15) is 4.31 Å². The standard InChI is InChI=1S/C9H20N2O2S/c1-3-4-5-10-6-8-11(9-7-10)14(2,12)13/h3-9H2,1-2H3. The summed E-state index contributed by atoms with van der Waals surface area (Å²) < 4.78 is 24.0. The number of hydrogen-bond acceptors (Lipinski definition) is 3. The van der Waals surface area contributed by atoms with E-state index in [0.29, 0.717) is 13.1 Å². The summed E-state index contributed by atoms with van der Waals surface area (Å²) in [7, 11) is -2.96. The highest BCUT2D eigenvalue weighted by atomic mass is 32.2. The van der Waals surface area contributed by atoms with Crippen LogP contribution in [-0.4, -0.2) is 56.6 Å². The Morgan fingerprint density at radius 2 is 1.71 bits per heavy atom. The van der Waals surface area contributed by atoms with Crippen LogP contribution in [0.15, 0.2) is 0 Å². The number of unbranched alkanes of at least 4 members (excludes halogenated alkanes) is 1. The third-order valence-electron chi connectivity index (χ3n) is 2.63. The number of hydrogen-bond donors (Lipinski definition) is 0. The molecule has 0 atom stereocenters. The van der Waals surface area contributed by atoms with Crippen molar-refractivity contribution in [1.82, 2.24) is 9.21 Å². The topological polar surface area (TPSA) is 40.6 Å². The van der Waals surface area contributed by atoms with E-state index in [2.05, 4.69) is 11.8 Å². The molecule has 0 radical (unpaired) electrons. The largest absolute Gasteiger partial charge is 0.301 e. The first-order valence-electron chi connectivity index (χ1n) is 5.21. The monoisotopic (exact) mass is 220 g/mol. The molecule has 0 aromatic rings. The average Bonchev–Trinajstić information content (AvgIpc) is 2.14. The van der Waals surface area contributed by atoms with E-state index < -0.39 is 10.0 Å². The van der Waals surface area contributed by atoms with Crippen molar-refractivity contribution in [2.75, 3.05) is 39.0 Å². The Morgan fingerprint density at radius 3 is 2.14 bits per heavy atom. The molecule has 0 aromatic carbocycles. The summed E-state index contributed by atoms with van der Waals surface area (Å²) in [5.74, 6) is 0. The van der Waals surface area contributed by atoms with E-state index in [4.69, 9.17) is 0 Å². The summed E-state index contributed by atoms with van der Waals surface area (Å²) in [5.41, 5.74) is 0. The lowest BCUT2D eigenvalue weighted by Crippen LogP contribution is -2.48. The second kappa shape index (κ2) is 5.09. The van der Waals surface area contributed by atoms with Gasteiger partial charge in [-0.3, -0.25) is 0 Å². The SMILES string of the molecule is CCCCN1CCN(S(C)(=O)=O)CC1. The molecule has 5 heteroatoms. The van der Waals surface area contributed by atoms with Crippen LogP contribution in [0.4, 0.5) is 0 Å². The maximum Gasteiger partial charge on any atom is 0.211 e. The molecule has 1 heterocycles. The smallest absolute Gasteiger partial charge is 0.211 e. The maximum absolute atomic E-state index is 11.2. The molecule has 0 unspecified atom stereocenters. The summed E-state index contributed by atoms with van der Waals surface area (Å²) in [4.78, 5) is 2.34. The highest BCUT2D eigenvalue weighted by Gasteiger charge is 2.22. The Hall–Kier alpha value is -0.130. The van der Waals surface area contributed by atoms with Gasteiger partial charge in [-0.1, -0.05) is 13.3 Å². The van der Waals surface area contributed by atoms with Crippen LogP contribution in [0.5, 0.6) is 0 Å². The molecule has 14 heavy (non-hydrogen) atoms. The van der Waals surface area contributed by atoms with Gasteiger partial charge in [-0.15, -0.1) is 0 Å². The highest BCUT2D eigenvalue weighted by Crippen LogP contribution is 2.06. The maximum atomic E-state index is 11.2. The number of rotatable bonds is 4. The van der Waals surface area contributed by atoms with Gasteiger partial charge in [0.2, 0.25) is 10.0 Å². The van der Waals surface area contributed by atoms with Crippen LogP contribution in [0.25, 0.3) is 0 Å². The minimum Gasteiger partial charge on any atom is -0.301 e. The molecule has 1 fully saturated rings. The lowest BCUT2D eigenvalue weighted by Gasteiger charge is -2.33. The first kappa shape index (κ1) is 11.9. The molecule has 0 aliphatic carbocycles. The van der Waals surface area contributed by atoms with Crippen LogP contribution >= 0.6 is 0 Å². The van der Waals surface area contributed by atoms with Crippen LogP contribution in [0.2, 0.25) is 0 Å². The third kappa shape index (κ3) is 3.55. The van der Waals surface area contributed by atoms with Crippen molar-refractivity contribution in [3.8, 4) is 0 Å². The zero-order valence-corrected chi connectivity index (χ0v) is 9.89. The number of piperazine rings is 1. The van der Waals surface area contributed by atoms with Gasteiger partial charge in [0.25, 0.3) is 0 Å². The molecular formula is C9H20N2O2S. The van der Waals surface area contributed by atoms with E-state index in [9.17, 15) is 8.42 Å². The van der Waals surface area contributed by atoms with Crippen molar-refractivity contribution >= 4 is 10.0 Å². The molecule has 1 aliphatic heterocycles. The molecule has 0 saturated carbocycles. The van der Waals surface area contributed by atoms with Gasteiger partial charge in [0.15, 0.2) is 0 Å². The lowest BCUT2D eigenvalue weighted by molar-refractivity contribution is 0.187. The van der Waals surface area contributed by atoms with E-state index in [1.54, 1.807) is 4.31 Å². The molecule has 1 rings (SSSR count). The van der Waals surface area contributed by atoms with Crippen LogP contribution in [0.3, 0.4) is 0 Å². The predicted molar refractivity (Wildman–Crippen MR) is 57.8 cm³/mol. The van der Waals surface area contributed by atoms with E-state index in [0.717, 1.165) is 19.6 Å². The molecule has 84 valence electrons. The molecule has 1 aliphatic rings. The average molecular weight is 220 g/mol. The Kier molecular flexibility index (Phi) is 4.34. The first-order valence-corrected chi connectivity index (χ1v) is 7.06. The Balaban J connectivity index is 2.31. The van der Waals surface area contributed by atoms with Crippen molar-refractivity contribution in [2.45, 2.75) is 19.8 Å².